The summed E-state index contributed by atoms with van der Waals surface area (Å²) in [6.07, 6.45) is -1.29. The first-order valence-corrected chi connectivity index (χ1v) is 16.7. The van der Waals surface area contributed by atoms with Gasteiger partial charge in [-0.1, -0.05) is 92.7 Å². The summed E-state index contributed by atoms with van der Waals surface area (Å²) in [6, 6.07) is 22.9. The van der Waals surface area contributed by atoms with Crippen LogP contribution in [0.3, 0.4) is 0 Å². The van der Waals surface area contributed by atoms with Gasteiger partial charge in [0.1, 0.15) is 31.8 Å². The maximum absolute atomic E-state index is 13.4. The van der Waals surface area contributed by atoms with E-state index >= 15 is 0 Å². The van der Waals surface area contributed by atoms with Gasteiger partial charge < -0.3 is 30.3 Å². The Kier molecular flexibility index (Phi) is 12.6. The molecule has 2 atom stereocenters. The van der Waals surface area contributed by atoms with Gasteiger partial charge in [-0.3, -0.25) is 9.59 Å². The quantitative estimate of drug-likeness (QED) is 0.213. The Morgan fingerprint density at radius 1 is 0.760 bits per heavy atom. The molecule has 3 aromatic rings. The predicted molar refractivity (Wildman–Crippen MR) is 186 cm³/mol. The number of carbonyl (C=O) groups excluding carboxylic acids is 5. The minimum Gasteiger partial charge on any atom is -0.449 e. The zero-order valence-electron chi connectivity index (χ0n) is 29.4. The van der Waals surface area contributed by atoms with Crippen molar-refractivity contribution in [1.29, 1.82) is 0 Å². The van der Waals surface area contributed by atoms with Crippen molar-refractivity contribution in [2.24, 2.45) is 5.92 Å². The van der Waals surface area contributed by atoms with E-state index < -0.39 is 54.1 Å². The van der Waals surface area contributed by atoms with Crippen LogP contribution >= 0.6 is 0 Å². The van der Waals surface area contributed by atoms with Crippen LogP contribution in [0, 0.1) is 5.92 Å². The molecule has 3 N–H and O–H groups in total. The first kappa shape index (κ1) is 37.4. The highest BCUT2D eigenvalue weighted by Crippen LogP contribution is 2.44. The number of carbonyl (C=O) groups is 5. The summed E-state index contributed by atoms with van der Waals surface area (Å²) >= 11 is 0. The largest absolute Gasteiger partial charge is 0.449 e. The van der Waals surface area contributed by atoms with E-state index in [0.717, 1.165) is 32.9 Å². The van der Waals surface area contributed by atoms with Gasteiger partial charge in [-0.15, -0.1) is 0 Å². The molecule has 0 fully saturated rings. The summed E-state index contributed by atoms with van der Waals surface area (Å²) < 4.78 is 10.8. The summed E-state index contributed by atoms with van der Waals surface area (Å²) in [5, 5.41) is 8.42. The van der Waals surface area contributed by atoms with Crippen molar-refractivity contribution in [3.63, 3.8) is 0 Å². The SMILES string of the molecule is CC(C)C[C@H](NC(=O)OCc1ccccc1)C(=O)NCC(=O)ON(C(=O)[C@H](C)NC(=O)OCC1c2ccccc2-c2ccccc21)C(C)(C)C. The third-order valence-corrected chi connectivity index (χ3v) is 7.99. The van der Waals surface area contributed by atoms with Crippen molar-refractivity contribution in [3.05, 3.63) is 95.6 Å². The fourth-order valence-electron chi connectivity index (χ4n) is 5.59. The molecular weight excluding hydrogens is 640 g/mol. The van der Waals surface area contributed by atoms with E-state index in [1.165, 1.54) is 6.92 Å². The smallest absolute Gasteiger partial charge is 0.408 e. The van der Waals surface area contributed by atoms with Crippen molar-refractivity contribution in [3.8, 4) is 11.1 Å². The topological polar surface area (TPSA) is 152 Å². The summed E-state index contributed by atoms with van der Waals surface area (Å²) in [4.78, 5) is 70.0. The van der Waals surface area contributed by atoms with E-state index in [1.54, 1.807) is 32.9 Å². The molecule has 12 nitrogen and oxygen atoms in total. The van der Waals surface area contributed by atoms with Crippen molar-refractivity contribution in [1.82, 2.24) is 21.0 Å². The van der Waals surface area contributed by atoms with Crippen molar-refractivity contribution >= 4 is 30.0 Å². The number of nitrogens with zero attached hydrogens (tertiary/aromatic N) is 1. The number of hydrogen-bond donors (Lipinski definition) is 3. The molecule has 0 heterocycles. The Bertz CT molecular complexity index is 1620. The van der Waals surface area contributed by atoms with Crippen LogP contribution < -0.4 is 16.0 Å². The number of hydroxylamine groups is 2. The van der Waals surface area contributed by atoms with Gasteiger partial charge in [-0.2, -0.15) is 5.06 Å². The zero-order valence-corrected chi connectivity index (χ0v) is 29.4. The minimum atomic E-state index is -1.12. The highest BCUT2D eigenvalue weighted by Gasteiger charge is 2.35. The Hall–Kier alpha value is -5.39. The van der Waals surface area contributed by atoms with Gasteiger partial charge in [0.05, 0.1) is 5.54 Å². The number of amides is 4. The van der Waals surface area contributed by atoms with Crippen molar-refractivity contribution < 1.29 is 38.3 Å². The van der Waals surface area contributed by atoms with E-state index in [0.29, 0.717) is 0 Å². The Morgan fingerprint density at radius 3 is 1.90 bits per heavy atom. The average Bonchev–Trinajstić information content (AvgIpc) is 3.40. The van der Waals surface area contributed by atoms with Crippen LogP contribution in [0.5, 0.6) is 0 Å². The molecule has 1 aliphatic carbocycles. The molecule has 12 heteroatoms. The second-order valence-corrected chi connectivity index (χ2v) is 13.6. The minimum absolute atomic E-state index is 0.0280. The number of fused-ring (bicyclic) bond motifs is 3. The molecule has 3 aromatic carbocycles. The second kappa shape index (κ2) is 16.8. The molecule has 266 valence electrons. The van der Waals surface area contributed by atoms with E-state index in [2.05, 4.69) is 16.0 Å². The van der Waals surface area contributed by atoms with Crippen LogP contribution in [-0.4, -0.2) is 65.8 Å². The molecule has 0 bridgehead atoms. The van der Waals surface area contributed by atoms with Gasteiger partial charge >= 0.3 is 18.2 Å². The van der Waals surface area contributed by atoms with Crippen LogP contribution in [0.2, 0.25) is 0 Å². The third-order valence-electron chi connectivity index (χ3n) is 7.99. The lowest BCUT2D eigenvalue weighted by Gasteiger charge is -2.34. The van der Waals surface area contributed by atoms with Gasteiger partial charge in [-0.25, -0.2) is 14.4 Å². The second-order valence-electron chi connectivity index (χ2n) is 13.6. The van der Waals surface area contributed by atoms with Crippen LogP contribution in [0.4, 0.5) is 9.59 Å². The van der Waals surface area contributed by atoms with E-state index in [-0.39, 0.29) is 31.5 Å². The summed E-state index contributed by atoms with van der Waals surface area (Å²) in [5.74, 6) is -2.37. The Balaban J connectivity index is 1.29. The highest BCUT2D eigenvalue weighted by atomic mass is 16.7. The molecule has 0 saturated carbocycles. The molecular formula is C38H46N4O8. The van der Waals surface area contributed by atoms with Gasteiger partial charge in [0, 0.05) is 5.92 Å². The molecule has 0 saturated heterocycles. The number of ether oxygens (including phenoxy) is 2. The molecule has 0 aliphatic heterocycles. The number of alkyl carbamates (subject to hydrolysis) is 2. The highest BCUT2D eigenvalue weighted by molar-refractivity contribution is 5.89. The molecule has 0 aromatic heterocycles. The third kappa shape index (κ3) is 10.1. The Labute approximate surface area is 292 Å². The molecule has 0 radical (unpaired) electrons. The summed E-state index contributed by atoms with van der Waals surface area (Å²) in [5.41, 5.74) is 4.07. The number of hydrogen-bond acceptors (Lipinski definition) is 8. The van der Waals surface area contributed by atoms with Crippen LogP contribution in [0.15, 0.2) is 78.9 Å². The Morgan fingerprint density at radius 2 is 1.32 bits per heavy atom. The van der Waals surface area contributed by atoms with Gasteiger partial charge in [0.15, 0.2) is 0 Å². The molecule has 0 spiro atoms. The number of nitrogens with one attached hydrogen (secondary N) is 3. The zero-order chi connectivity index (χ0) is 36.4. The maximum atomic E-state index is 13.4. The molecule has 4 rings (SSSR count). The molecule has 0 unspecified atom stereocenters. The fraction of sp³-hybridized carbons (Fsp3) is 0.395. The maximum Gasteiger partial charge on any atom is 0.408 e. The van der Waals surface area contributed by atoms with Crippen molar-refractivity contribution in [2.45, 2.75) is 78.1 Å². The summed E-state index contributed by atoms with van der Waals surface area (Å²) in [7, 11) is 0. The predicted octanol–water partition coefficient (Wildman–Crippen LogP) is 5.46. The van der Waals surface area contributed by atoms with Gasteiger partial charge in [0.2, 0.25) is 5.91 Å². The molecule has 50 heavy (non-hydrogen) atoms. The lowest BCUT2D eigenvalue weighted by atomic mass is 9.98. The lowest BCUT2D eigenvalue weighted by molar-refractivity contribution is -0.217. The lowest BCUT2D eigenvalue weighted by Crippen LogP contribution is -2.55. The monoisotopic (exact) mass is 686 g/mol. The fourth-order valence-corrected chi connectivity index (χ4v) is 5.59. The first-order valence-electron chi connectivity index (χ1n) is 16.7. The standard InChI is InChI=1S/C38H46N4O8/c1-24(2)20-32(41-37(47)48-22-26-14-8-7-9-15-26)34(44)39-21-33(43)50-42(38(4,5)6)35(45)25(3)40-36(46)49-23-31-29-18-12-10-16-27(29)28-17-11-13-19-30(28)31/h7-19,24-25,31-32H,20-23H2,1-6H3,(H,39,44)(H,40,46)(H,41,47)/t25-,32-/m0/s1. The van der Waals surface area contributed by atoms with Gasteiger partial charge in [0.25, 0.3) is 5.91 Å². The van der Waals surface area contributed by atoms with E-state index in [1.807, 2.05) is 80.6 Å². The van der Waals surface area contributed by atoms with Crippen molar-refractivity contribution in [2.75, 3.05) is 13.2 Å². The van der Waals surface area contributed by atoms with E-state index in [4.69, 9.17) is 14.3 Å². The summed E-state index contributed by atoms with van der Waals surface area (Å²) in [6.45, 7) is 9.70. The molecule has 1 aliphatic rings. The number of rotatable bonds is 12. The van der Waals surface area contributed by atoms with Gasteiger partial charge in [-0.05, 0) is 67.9 Å². The first-order chi connectivity index (χ1) is 23.7. The average molecular weight is 687 g/mol. The van der Waals surface area contributed by atoms with E-state index in [9.17, 15) is 24.0 Å². The van der Waals surface area contributed by atoms with Crippen LogP contribution in [0.1, 0.15) is 70.6 Å². The van der Waals surface area contributed by atoms with Crippen LogP contribution in [0.25, 0.3) is 11.1 Å². The van der Waals surface area contributed by atoms with Crippen LogP contribution in [-0.2, 0) is 35.3 Å². The normalized spacial score (nSPS) is 13.3. The number of benzene rings is 3. The molecule has 4 amide bonds.